The molecule has 2 unspecified atom stereocenters. The van der Waals surface area contributed by atoms with Crippen molar-refractivity contribution in [1.82, 2.24) is 15.2 Å². The van der Waals surface area contributed by atoms with Crippen molar-refractivity contribution >= 4 is 11.6 Å². The predicted molar refractivity (Wildman–Crippen MR) is 66.6 cm³/mol. The Morgan fingerprint density at radius 1 is 1.44 bits per heavy atom. The van der Waals surface area contributed by atoms with Crippen molar-refractivity contribution in [1.29, 1.82) is 0 Å². The normalized spacial score (nSPS) is 26.9. The first-order valence-corrected chi connectivity index (χ1v) is 6.11. The SMILES string of the molecule is CC1CNCC(C)N1Cc1cc(Cl)ccn1. The molecule has 0 amide bonds. The summed E-state index contributed by atoms with van der Waals surface area (Å²) < 4.78 is 0. The molecule has 2 atom stereocenters. The maximum Gasteiger partial charge on any atom is 0.0558 e. The minimum atomic E-state index is 0.546. The second kappa shape index (κ2) is 5.13. The van der Waals surface area contributed by atoms with Crippen LogP contribution in [0.1, 0.15) is 19.5 Å². The van der Waals surface area contributed by atoms with Crippen molar-refractivity contribution in [2.24, 2.45) is 0 Å². The fraction of sp³-hybridized carbons (Fsp3) is 0.583. The van der Waals surface area contributed by atoms with Crippen LogP contribution in [0.4, 0.5) is 0 Å². The maximum atomic E-state index is 5.96. The van der Waals surface area contributed by atoms with Crippen molar-refractivity contribution in [3.63, 3.8) is 0 Å². The molecule has 2 rings (SSSR count). The van der Waals surface area contributed by atoms with E-state index in [2.05, 4.69) is 29.0 Å². The highest BCUT2D eigenvalue weighted by atomic mass is 35.5. The summed E-state index contributed by atoms with van der Waals surface area (Å²) in [6.07, 6.45) is 1.77. The van der Waals surface area contributed by atoms with Gasteiger partial charge in [-0.05, 0) is 26.0 Å². The van der Waals surface area contributed by atoms with Gasteiger partial charge in [-0.1, -0.05) is 11.6 Å². The van der Waals surface area contributed by atoms with Crippen LogP contribution in [-0.2, 0) is 6.54 Å². The third-order valence-corrected chi connectivity index (χ3v) is 3.37. The number of hydrogen-bond acceptors (Lipinski definition) is 3. The fourth-order valence-electron chi connectivity index (χ4n) is 2.20. The van der Waals surface area contributed by atoms with Crippen LogP contribution in [0.25, 0.3) is 0 Å². The zero-order valence-electron chi connectivity index (χ0n) is 9.78. The van der Waals surface area contributed by atoms with Gasteiger partial charge in [-0.2, -0.15) is 0 Å². The smallest absolute Gasteiger partial charge is 0.0558 e. The Morgan fingerprint density at radius 3 is 2.75 bits per heavy atom. The molecule has 1 aliphatic heterocycles. The Labute approximate surface area is 102 Å². The molecule has 88 valence electrons. The van der Waals surface area contributed by atoms with E-state index in [1.54, 1.807) is 6.20 Å². The van der Waals surface area contributed by atoms with E-state index in [-0.39, 0.29) is 0 Å². The summed E-state index contributed by atoms with van der Waals surface area (Å²) in [5.74, 6) is 0. The van der Waals surface area contributed by atoms with Crippen molar-refractivity contribution in [2.75, 3.05) is 13.1 Å². The fourth-order valence-corrected chi connectivity index (χ4v) is 2.39. The summed E-state index contributed by atoms with van der Waals surface area (Å²) in [5, 5.41) is 4.19. The Morgan fingerprint density at radius 2 is 2.12 bits per heavy atom. The van der Waals surface area contributed by atoms with Crippen LogP contribution >= 0.6 is 11.6 Å². The van der Waals surface area contributed by atoms with Gasteiger partial charge >= 0.3 is 0 Å². The molecule has 1 aromatic rings. The first-order chi connectivity index (χ1) is 7.66. The van der Waals surface area contributed by atoms with Gasteiger partial charge in [0.1, 0.15) is 0 Å². The summed E-state index contributed by atoms with van der Waals surface area (Å²) in [6, 6.07) is 4.85. The number of hydrogen-bond donors (Lipinski definition) is 1. The van der Waals surface area contributed by atoms with Gasteiger partial charge in [0.2, 0.25) is 0 Å². The molecule has 3 nitrogen and oxygen atoms in total. The zero-order valence-corrected chi connectivity index (χ0v) is 10.5. The van der Waals surface area contributed by atoms with Gasteiger partial charge < -0.3 is 5.32 Å². The summed E-state index contributed by atoms with van der Waals surface area (Å²) in [7, 11) is 0. The molecule has 1 aliphatic rings. The third-order valence-electron chi connectivity index (χ3n) is 3.13. The van der Waals surface area contributed by atoms with Gasteiger partial charge in [0.05, 0.1) is 5.69 Å². The van der Waals surface area contributed by atoms with Gasteiger partial charge in [0, 0.05) is 42.9 Å². The number of piperazine rings is 1. The molecule has 0 aliphatic carbocycles. The molecular formula is C12H18ClN3. The summed E-state index contributed by atoms with van der Waals surface area (Å²) >= 11 is 5.96. The van der Waals surface area contributed by atoms with E-state index in [1.165, 1.54) is 0 Å². The Balaban J connectivity index is 2.07. The minimum Gasteiger partial charge on any atom is -0.314 e. The van der Waals surface area contributed by atoms with E-state index >= 15 is 0 Å². The lowest BCUT2D eigenvalue weighted by atomic mass is 10.1. The number of nitrogens with one attached hydrogen (secondary N) is 1. The van der Waals surface area contributed by atoms with Crippen molar-refractivity contribution in [2.45, 2.75) is 32.5 Å². The van der Waals surface area contributed by atoms with E-state index in [0.29, 0.717) is 12.1 Å². The van der Waals surface area contributed by atoms with Gasteiger partial charge in [0.25, 0.3) is 0 Å². The molecule has 2 heterocycles. The summed E-state index contributed by atoms with van der Waals surface area (Å²) in [6.45, 7) is 7.46. The lowest BCUT2D eigenvalue weighted by molar-refractivity contribution is 0.107. The average molecular weight is 240 g/mol. The molecule has 1 aromatic heterocycles. The Hall–Kier alpha value is -0.640. The van der Waals surface area contributed by atoms with E-state index in [0.717, 1.165) is 30.4 Å². The lowest BCUT2D eigenvalue weighted by Gasteiger charge is -2.39. The molecule has 0 saturated carbocycles. The number of nitrogens with zero attached hydrogens (tertiary/aromatic N) is 2. The summed E-state index contributed by atoms with van der Waals surface area (Å²) in [4.78, 5) is 6.82. The number of halogens is 1. The molecule has 1 fully saturated rings. The second-order valence-electron chi connectivity index (χ2n) is 4.49. The molecule has 4 heteroatoms. The Kier molecular flexibility index (Phi) is 3.79. The highest BCUT2D eigenvalue weighted by Crippen LogP contribution is 2.15. The first kappa shape index (κ1) is 11.8. The van der Waals surface area contributed by atoms with Crippen LogP contribution < -0.4 is 5.32 Å². The number of rotatable bonds is 2. The molecule has 0 aromatic carbocycles. The quantitative estimate of drug-likeness (QED) is 0.855. The van der Waals surface area contributed by atoms with Gasteiger partial charge in [-0.3, -0.25) is 9.88 Å². The molecule has 0 radical (unpaired) electrons. The van der Waals surface area contributed by atoms with Crippen molar-refractivity contribution in [3.05, 3.63) is 29.0 Å². The molecule has 1 N–H and O–H groups in total. The average Bonchev–Trinajstić information content (AvgIpc) is 2.24. The van der Waals surface area contributed by atoms with E-state index in [4.69, 9.17) is 11.6 Å². The zero-order chi connectivity index (χ0) is 11.5. The van der Waals surface area contributed by atoms with Gasteiger partial charge in [-0.15, -0.1) is 0 Å². The first-order valence-electron chi connectivity index (χ1n) is 5.73. The molecule has 0 bridgehead atoms. The molecule has 1 saturated heterocycles. The van der Waals surface area contributed by atoms with Crippen LogP contribution in [0.2, 0.25) is 5.02 Å². The van der Waals surface area contributed by atoms with Crippen LogP contribution in [0.15, 0.2) is 18.3 Å². The van der Waals surface area contributed by atoms with Gasteiger partial charge in [0.15, 0.2) is 0 Å². The van der Waals surface area contributed by atoms with Crippen molar-refractivity contribution in [3.8, 4) is 0 Å². The van der Waals surface area contributed by atoms with E-state index in [9.17, 15) is 0 Å². The van der Waals surface area contributed by atoms with Crippen LogP contribution in [0.5, 0.6) is 0 Å². The van der Waals surface area contributed by atoms with Gasteiger partial charge in [-0.25, -0.2) is 0 Å². The molecule has 16 heavy (non-hydrogen) atoms. The van der Waals surface area contributed by atoms with Crippen LogP contribution in [0, 0.1) is 0 Å². The monoisotopic (exact) mass is 239 g/mol. The standard InChI is InChI=1S/C12H18ClN3/c1-9-6-14-7-10(2)16(9)8-12-5-11(13)3-4-15-12/h3-5,9-10,14H,6-8H2,1-2H3. The van der Waals surface area contributed by atoms with Crippen LogP contribution in [0.3, 0.4) is 0 Å². The lowest BCUT2D eigenvalue weighted by Crippen LogP contribution is -2.54. The topological polar surface area (TPSA) is 28.2 Å². The highest BCUT2D eigenvalue weighted by Gasteiger charge is 2.24. The maximum absolute atomic E-state index is 5.96. The highest BCUT2D eigenvalue weighted by molar-refractivity contribution is 6.30. The Bertz CT molecular complexity index is 346. The number of pyridine rings is 1. The van der Waals surface area contributed by atoms with Crippen LogP contribution in [-0.4, -0.2) is 35.1 Å². The largest absolute Gasteiger partial charge is 0.314 e. The summed E-state index contributed by atoms with van der Waals surface area (Å²) in [5.41, 5.74) is 1.05. The van der Waals surface area contributed by atoms with Crippen molar-refractivity contribution < 1.29 is 0 Å². The number of aromatic nitrogens is 1. The molecule has 0 spiro atoms. The predicted octanol–water partition coefficient (Wildman–Crippen LogP) is 1.92. The minimum absolute atomic E-state index is 0.546. The molecular weight excluding hydrogens is 222 g/mol. The second-order valence-corrected chi connectivity index (χ2v) is 4.93. The third kappa shape index (κ3) is 2.73. The van der Waals surface area contributed by atoms with E-state index in [1.807, 2.05) is 12.1 Å². The van der Waals surface area contributed by atoms with E-state index < -0.39 is 0 Å².